The number of hydrogen-bond donors (Lipinski definition) is 1. The summed E-state index contributed by atoms with van der Waals surface area (Å²) in [5.74, 6) is 0. The van der Waals surface area contributed by atoms with E-state index in [1.807, 2.05) is 23.1 Å². The van der Waals surface area contributed by atoms with Gasteiger partial charge in [0.25, 0.3) is 0 Å². The van der Waals surface area contributed by atoms with Crippen LogP contribution in [0, 0.1) is 0 Å². The summed E-state index contributed by atoms with van der Waals surface area (Å²) >= 11 is 12.1. The number of halogens is 2. The number of urea groups is 1. The molecule has 3 rings (SSSR count). The zero-order valence-electron chi connectivity index (χ0n) is 14.4. The average molecular weight is 382 g/mol. The van der Waals surface area contributed by atoms with Gasteiger partial charge in [0.05, 0.1) is 10.0 Å². The van der Waals surface area contributed by atoms with Gasteiger partial charge in [-0.2, -0.15) is 0 Å². The van der Waals surface area contributed by atoms with Crippen LogP contribution in [-0.4, -0.2) is 43.7 Å². The third-order valence-corrected chi connectivity index (χ3v) is 5.68. The number of carbonyl (C=O) groups is 1. The van der Waals surface area contributed by atoms with Crippen molar-refractivity contribution in [3.63, 3.8) is 0 Å². The molecular formula is C19H25Cl2N3O. The standard InChI is InChI=1S/C19H25Cl2N3O/c20-17-7-6-16(14-18(17)21)23-10-12-24(13-11-23)19(25)22-9-8-15-4-2-1-3-5-15/h4,6-7,14H,1-3,5,8-13H2,(H,22,25). The van der Waals surface area contributed by atoms with E-state index in [4.69, 9.17) is 23.2 Å². The van der Waals surface area contributed by atoms with Crippen molar-refractivity contribution in [2.75, 3.05) is 37.6 Å². The van der Waals surface area contributed by atoms with E-state index in [9.17, 15) is 4.79 Å². The number of nitrogens with zero attached hydrogens (tertiary/aromatic N) is 2. The Morgan fingerprint density at radius 3 is 2.56 bits per heavy atom. The highest BCUT2D eigenvalue weighted by molar-refractivity contribution is 6.42. The predicted octanol–water partition coefficient (Wildman–Crippen LogP) is 4.72. The van der Waals surface area contributed by atoms with Gasteiger partial charge >= 0.3 is 6.03 Å². The fourth-order valence-electron chi connectivity index (χ4n) is 3.42. The minimum atomic E-state index is 0.0465. The number of carbonyl (C=O) groups excluding carboxylic acids is 1. The van der Waals surface area contributed by atoms with Crippen LogP contribution in [0.1, 0.15) is 32.1 Å². The second-order valence-electron chi connectivity index (χ2n) is 6.66. The van der Waals surface area contributed by atoms with Crippen LogP contribution in [0.2, 0.25) is 10.0 Å². The lowest BCUT2D eigenvalue weighted by molar-refractivity contribution is 0.194. The van der Waals surface area contributed by atoms with Gasteiger partial charge in [-0.3, -0.25) is 0 Å². The minimum absolute atomic E-state index is 0.0465. The molecule has 1 aliphatic carbocycles. The highest BCUT2D eigenvalue weighted by Gasteiger charge is 2.21. The van der Waals surface area contributed by atoms with Crippen LogP contribution in [0.4, 0.5) is 10.5 Å². The molecule has 0 atom stereocenters. The molecule has 1 aliphatic heterocycles. The highest BCUT2D eigenvalue weighted by atomic mass is 35.5. The molecule has 4 nitrogen and oxygen atoms in total. The Labute approximate surface area is 159 Å². The van der Waals surface area contributed by atoms with Crippen LogP contribution in [-0.2, 0) is 0 Å². The number of piperazine rings is 1. The molecule has 25 heavy (non-hydrogen) atoms. The van der Waals surface area contributed by atoms with Gasteiger partial charge in [0.15, 0.2) is 0 Å². The summed E-state index contributed by atoms with van der Waals surface area (Å²) in [6.07, 6.45) is 8.30. The first-order chi connectivity index (χ1) is 12.1. The summed E-state index contributed by atoms with van der Waals surface area (Å²) in [7, 11) is 0. The number of nitrogens with one attached hydrogen (secondary N) is 1. The van der Waals surface area contributed by atoms with Crippen LogP contribution in [0.25, 0.3) is 0 Å². The van der Waals surface area contributed by atoms with Crippen LogP contribution in [0.5, 0.6) is 0 Å². The molecule has 2 aliphatic rings. The van der Waals surface area contributed by atoms with E-state index in [1.165, 1.54) is 31.3 Å². The van der Waals surface area contributed by atoms with E-state index in [2.05, 4.69) is 16.3 Å². The number of hydrogen-bond acceptors (Lipinski definition) is 2. The molecule has 0 bridgehead atoms. The third-order valence-electron chi connectivity index (χ3n) is 4.94. The number of amides is 2. The van der Waals surface area contributed by atoms with Crippen molar-refractivity contribution in [2.45, 2.75) is 32.1 Å². The maximum absolute atomic E-state index is 12.3. The monoisotopic (exact) mass is 381 g/mol. The summed E-state index contributed by atoms with van der Waals surface area (Å²) < 4.78 is 0. The van der Waals surface area contributed by atoms with Gasteiger partial charge < -0.3 is 15.1 Å². The topological polar surface area (TPSA) is 35.6 Å². The van der Waals surface area contributed by atoms with Gasteiger partial charge in [0, 0.05) is 38.4 Å². The second kappa shape index (κ2) is 8.81. The summed E-state index contributed by atoms with van der Waals surface area (Å²) in [4.78, 5) is 16.4. The first kappa shape index (κ1) is 18.4. The molecule has 136 valence electrons. The fraction of sp³-hybridized carbons (Fsp3) is 0.526. The first-order valence-electron chi connectivity index (χ1n) is 9.04. The van der Waals surface area contributed by atoms with Crippen molar-refractivity contribution in [2.24, 2.45) is 0 Å². The van der Waals surface area contributed by atoms with Crippen LogP contribution >= 0.6 is 23.2 Å². The molecule has 1 heterocycles. The molecule has 2 amide bonds. The molecule has 0 spiro atoms. The molecule has 0 saturated carbocycles. The van der Waals surface area contributed by atoms with E-state index in [0.717, 1.165) is 44.8 Å². The fourth-order valence-corrected chi connectivity index (χ4v) is 3.72. The SMILES string of the molecule is O=C(NCCC1=CCCCC1)N1CCN(c2ccc(Cl)c(Cl)c2)CC1. The number of anilines is 1. The molecule has 1 fully saturated rings. The Morgan fingerprint density at radius 2 is 1.88 bits per heavy atom. The summed E-state index contributed by atoms with van der Waals surface area (Å²) in [6, 6.07) is 5.72. The molecule has 6 heteroatoms. The Morgan fingerprint density at radius 1 is 1.08 bits per heavy atom. The van der Waals surface area contributed by atoms with Gasteiger partial charge in [-0.05, 0) is 50.3 Å². The Hall–Kier alpha value is -1.39. The van der Waals surface area contributed by atoms with Gasteiger partial charge in [-0.1, -0.05) is 34.9 Å². The molecule has 1 N–H and O–H groups in total. The van der Waals surface area contributed by atoms with E-state index >= 15 is 0 Å². The summed E-state index contributed by atoms with van der Waals surface area (Å²) in [5.41, 5.74) is 2.55. The zero-order valence-corrected chi connectivity index (χ0v) is 16.0. The van der Waals surface area contributed by atoms with E-state index in [-0.39, 0.29) is 6.03 Å². The Kier molecular flexibility index (Phi) is 6.49. The van der Waals surface area contributed by atoms with E-state index in [1.54, 1.807) is 0 Å². The number of rotatable bonds is 4. The lowest BCUT2D eigenvalue weighted by Crippen LogP contribution is -2.52. The molecule has 1 aromatic rings. The van der Waals surface area contributed by atoms with E-state index < -0.39 is 0 Å². The van der Waals surface area contributed by atoms with Gasteiger partial charge in [-0.25, -0.2) is 4.79 Å². The van der Waals surface area contributed by atoms with Crippen LogP contribution in [0.15, 0.2) is 29.8 Å². The van der Waals surface area contributed by atoms with E-state index in [0.29, 0.717) is 10.0 Å². The van der Waals surface area contributed by atoms with Crippen molar-refractivity contribution in [1.82, 2.24) is 10.2 Å². The molecule has 0 aromatic heterocycles. The quantitative estimate of drug-likeness (QED) is 0.766. The number of allylic oxidation sites excluding steroid dienone is 1. The lowest BCUT2D eigenvalue weighted by Gasteiger charge is -2.36. The van der Waals surface area contributed by atoms with Gasteiger partial charge in [0.1, 0.15) is 0 Å². The zero-order chi connectivity index (χ0) is 17.6. The molecule has 1 aromatic carbocycles. The third kappa shape index (κ3) is 5.05. The van der Waals surface area contributed by atoms with Crippen LogP contribution in [0.3, 0.4) is 0 Å². The van der Waals surface area contributed by atoms with Crippen molar-refractivity contribution in [1.29, 1.82) is 0 Å². The van der Waals surface area contributed by atoms with Gasteiger partial charge in [0.2, 0.25) is 0 Å². The van der Waals surface area contributed by atoms with Gasteiger partial charge in [-0.15, -0.1) is 0 Å². The predicted molar refractivity (Wildman–Crippen MR) is 105 cm³/mol. The number of benzene rings is 1. The smallest absolute Gasteiger partial charge is 0.317 e. The second-order valence-corrected chi connectivity index (χ2v) is 7.48. The normalized spacial score (nSPS) is 18.1. The van der Waals surface area contributed by atoms with Crippen molar-refractivity contribution < 1.29 is 4.79 Å². The van der Waals surface area contributed by atoms with Crippen molar-refractivity contribution in [3.05, 3.63) is 39.9 Å². The summed E-state index contributed by atoms with van der Waals surface area (Å²) in [6.45, 7) is 3.77. The highest BCUT2D eigenvalue weighted by Crippen LogP contribution is 2.27. The van der Waals surface area contributed by atoms with Crippen molar-refractivity contribution in [3.8, 4) is 0 Å². The Balaban J connectivity index is 1.42. The maximum Gasteiger partial charge on any atom is 0.317 e. The molecule has 0 unspecified atom stereocenters. The first-order valence-corrected chi connectivity index (χ1v) is 9.80. The Bertz CT molecular complexity index is 640. The summed E-state index contributed by atoms with van der Waals surface area (Å²) in [5, 5.41) is 4.19. The largest absolute Gasteiger partial charge is 0.368 e. The van der Waals surface area contributed by atoms with Crippen LogP contribution < -0.4 is 10.2 Å². The average Bonchev–Trinajstić information content (AvgIpc) is 2.65. The molecular weight excluding hydrogens is 357 g/mol. The van der Waals surface area contributed by atoms with Crippen molar-refractivity contribution >= 4 is 34.9 Å². The minimum Gasteiger partial charge on any atom is -0.368 e. The lowest BCUT2D eigenvalue weighted by atomic mass is 9.97. The molecule has 1 saturated heterocycles. The maximum atomic E-state index is 12.3. The molecule has 0 radical (unpaired) electrons.